The number of aliphatic hydroxyl groups excluding tert-OH is 1. The van der Waals surface area contributed by atoms with Gasteiger partial charge in [-0.15, -0.1) is 0 Å². The van der Waals surface area contributed by atoms with Crippen LogP contribution < -0.4 is 20.1 Å². The summed E-state index contributed by atoms with van der Waals surface area (Å²) in [6, 6.07) is 10.3. The van der Waals surface area contributed by atoms with Gasteiger partial charge in [0.15, 0.2) is 11.5 Å². The molecular formula is C27H27F4N3O5. The maximum atomic E-state index is 14.4. The van der Waals surface area contributed by atoms with Crippen molar-refractivity contribution in [2.45, 2.75) is 24.6 Å². The number of anilines is 1. The highest BCUT2D eigenvalue weighted by Crippen LogP contribution is 2.44. The molecule has 0 spiro atoms. The molecule has 2 aromatic carbocycles. The van der Waals surface area contributed by atoms with Gasteiger partial charge < -0.3 is 30.3 Å². The molecule has 1 aromatic heterocycles. The lowest BCUT2D eigenvalue weighted by molar-refractivity contribution is -0.265. The first-order chi connectivity index (χ1) is 18.5. The molecule has 4 N–H and O–H groups in total. The largest absolute Gasteiger partial charge is 0.493 e. The van der Waals surface area contributed by atoms with Gasteiger partial charge in [-0.05, 0) is 54.1 Å². The molecule has 208 valence electrons. The minimum atomic E-state index is -5.21. The number of alkyl halides is 3. The van der Waals surface area contributed by atoms with Crippen LogP contribution in [-0.2, 0) is 5.60 Å². The van der Waals surface area contributed by atoms with Crippen molar-refractivity contribution < 1.29 is 42.0 Å². The molecule has 1 aliphatic rings. The predicted octanol–water partition coefficient (Wildman–Crippen LogP) is 3.98. The quantitative estimate of drug-likeness (QED) is 0.299. The third-order valence-electron chi connectivity index (χ3n) is 6.46. The smallest absolute Gasteiger partial charge is 0.424 e. The van der Waals surface area contributed by atoms with Gasteiger partial charge in [0.1, 0.15) is 12.4 Å². The molecule has 0 saturated carbocycles. The number of hydrogen-bond acceptors (Lipinski definition) is 7. The average molecular weight is 550 g/mol. The maximum absolute atomic E-state index is 14.4. The molecule has 1 unspecified atom stereocenters. The normalized spacial score (nSPS) is 16.2. The van der Waals surface area contributed by atoms with E-state index in [9.17, 15) is 27.5 Å². The lowest BCUT2D eigenvalue weighted by atomic mass is 9.92. The van der Waals surface area contributed by atoms with Crippen molar-refractivity contribution in [2.24, 2.45) is 0 Å². The number of aromatic nitrogens is 1. The second kappa shape index (κ2) is 11.1. The Balaban J connectivity index is 1.68. The Morgan fingerprint density at radius 2 is 1.87 bits per heavy atom. The zero-order chi connectivity index (χ0) is 28.4. The number of rotatable bonds is 9. The van der Waals surface area contributed by atoms with Crippen LogP contribution in [0.3, 0.4) is 0 Å². The van der Waals surface area contributed by atoms with Crippen molar-refractivity contribution in [3.63, 3.8) is 0 Å². The Bertz CT molecular complexity index is 1350. The van der Waals surface area contributed by atoms with Crippen molar-refractivity contribution in [3.8, 4) is 22.8 Å². The lowest BCUT2D eigenvalue weighted by Gasteiger charge is -2.31. The molecule has 0 bridgehead atoms. The van der Waals surface area contributed by atoms with E-state index in [1.165, 1.54) is 55.6 Å². The van der Waals surface area contributed by atoms with Crippen LogP contribution in [0.5, 0.6) is 11.5 Å². The first kappa shape index (κ1) is 28.1. The predicted molar refractivity (Wildman–Crippen MR) is 134 cm³/mol. The van der Waals surface area contributed by atoms with Crippen LogP contribution in [0.2, 0.25) is 0 Å². The summed E-state index contributed by atoms with van der Waals surface area (Å²) < 4.78 is 67.2. The molecule has 1 aliphatic heterocycles. The van der Waals surface area contributed by atoms with Gasteiger partial charge in [0.2, 0.25) is 5.60 Å². The van der Waals surface area contributed by atoms with E-state index in [1.54, 1.807) is 0 Å². The maximum Gasteiger partial charge on any atom is 0.424 e. The van der Waals surface area contributed by atoms with E-state index < -0.39 is 35.7 Å². The Morgan fingerprint density at radius 1 is 1.15 bits per heavy atom. The summed E-state index contributed by atoms with van der Waals surface area (Å²) in [4.78, 5) is 17.0. The molecule has 12 heteroatoms. The number of nitrogens with zero attached hydrogens (tertiary/aromatic N) is 1. The Morgan fingerprint density at radius 3 is 2.51 bits per heavy atom. The fourth-order valence-electron chi connectivity index (χ4n) is 4.26. The van der Waals surface area contributed by atoms with Crippen molar-refractivity contribution in [3.05, 3.63) is 71.2 Å². The molecule has 3 aromatic rings. The van der Waals surface area contributed by atoms with Crippen LogP contribution in [0, 0.1) is 5.82 Å². The Labute approximate surface area is 221 Å². The van der Waals surface area contributed by atoms with E-state index in [4.69, 9.17) is 14.6 Å². The topological polar surface area (TPSA) is 113 Å². The zero-order valence-electron chi connectivity index (χ0n) is 21.1. The van der Waals surface area contributed by atoms with E-state index >= 15 is 0 Å². The molecule has 39 heavy (non-hydrogen) atoms. The number of ether oxygens (including phenoxy) is 2. The number of methoxy groups -OCH3 is 1. The summed E-state index contributed by atoms with van der Waals surface area (Å²) >= 11 is 0. The monoisotopic (exact) mass is 549 g/mol. The van der Waals surface area contributed by atoms with Gasteiger partial charge in [0, 0.05) is 23.6 Å². The molecule has 2 heterocycles. The highest BCUT2D eigenvalue weighted by molar-refractivity contribution is 5.95. The number of carbonyl (C=O) groups is 1. The minimum absolute atomic E-state index is 0.0255. The SMILES string of the molecule is COc1cc(C(=O)NC[C@](O)(c2cc3c(c(-c4ccc(F)cc4)n2)NCC3C)C(F)(F)F)ccc1OCCO. The van der Waals surface area contributed by atoms with Crippen LogP contribution in [0.25, 0.3) is 11.3 Å². The first-order valence-electron chi connectivity index (χ1n) is 12.0. The van der Waals surface area contributed by atoms with E-state index in [1.807, 2.05) is 6.92 Å². The fourth-order valence-corrected chi connectivity index (χ4v) is 4.26. The number of aliphatic hydroxyl groups is 2. The van der Waals surface area contributed by atoms with Crippen molar-refractivity contribution in [1.29, 1.82) is 0 Å². The third kappa shape index (κ3) is 5.62. The van der Waals surface area contributed by atoms with Crippen LogP contribution >= 0.6 is 0 Å². The van der Waals surface area contributed by atoms with Crippen LogP contribution in [0.15, 0.2) is 48.5 Å². The minimum Gasteiger partial charge on any atom is -0.493 e. The summed E-state index contributed by atoms with van der Waals surface area (Å²) in [6.07, 6.45) is -5.21. The van der Waals surface area contributed by atoms with E-state index in [0.29, 0.717) is 23.4 Å². The van der Waals surface area contributed by atoms with E-state index in [2.05, 4.69) is 15.6 Å². The summed E-state index contributed by atoms with van der Waals surface area (Å²) in [6.45, 7) is 0.748. The molecule has 4 rings (SSSR count). The van der Waals surface area contributed by atoms with Gasteiger partial charge in [-0.2, -0.15) is 13.2 Å². The van der Waals surface area contributed by atoms with Crippen molar-refractivity contribution in [1.82, 2.24) is 10.3 Å². The van der Waals surface area contributed by atoms with E-state index in [-0.39, 0.29) is 41.9 Å². The average Bonchev–Trinajstić information content (AvgIpc) is 3.30. The van der Waals surface area contributed by atoms with Gasteiger partial charge in [-0.3, -0.25) is 4.79 Å². The van der Waals surface area contributed by atoms with Crippen LogP contribution in [0.4, 0.5) is 23.2 Å². The highest BCUT2D eigenvalue weighted by atomic mass is 19.4. The van der Waals surface area contributed by atoms with Gasteiger partial charge in [0.25, 0.3) is 5.91 Å². The van der Waals surface area contributed by atoms with Gasteiger partial charge in [-0.25, -0.2) is 9.37 Å². The van der Waals surface area contributed by atoms with Gasteiger partial charge >= 0.3 is 6.18 Å². The summed E-state index contributed by atoms with van der Waals surface area (Å²) in [5.74, 6) is -1.25. The van der Waals surface area contributed by atoms with Crippen molar-refractivity contribution in [2.75, 3.05) is 38.7 Å². The highest BCUT2D eigenvalue weighted by Gasteiger charge is 2.57. The molecule has 0 radical (unpaired) electrons. The van der Waals surface area contributed by atoms with Gasteiger partial charge in [0.05, 0.1) is 37.3 Å². The summed E-state index contributed by atoms with van der Waals surface area (Å²) in [5.41, 5.74) is -2.78. The number of halogens is 4. The standard InChI is InChI=1S/C27H27F4N3O5/c1-15-13-32-24-19(15)12-22(34-23(24)16-3-6-18(28)7-4-16)26(37,27(29,30)31)14-33-25(36)17-5-8-20(39-10-9-35)21(11-17)38-2/h3-8,11-12,15,32,35,37H,9-10,13-14H2,1-2H3,(H,33,36)/t15?,26-/m0/s1. The number of nitrogens with one attached hydrogen (secondary N) is 2. The number of amides is 1. The van der Waals surface area contributed by atoms with Gasteiger partial charge in [-0.1, -0.05) is 6.92 Å². The first-order valence-corrected chi connectivity index (χ1v) is 12.0. The lowest BCUT2D eigenvalue weighted by Crippen LogP contribution is -2.51. The molecule has 0 aliphatic carbocycles. The third-order valence-corrected chi connectivity index (χ3v) is 6.46. The Hall–Kier alpha value is -3.90. The fraction of sp³-hybridized carbons (Fsp3) is 0.333. The van der Waals surface area contributed by atoms with Crippen molar-refractivity contribution >= 4 is 11.6 Å². The second-order valence-electron chi connectivity index (χ2n) is 9.09. The second-order valence-corrected chi connectivity index (χ2v) is 9.09. The number of benzene rings is 2. The molecule has 8 nitrogen and oxygen atoms in total. The number of fused-ring (bicyclic) bond motifs is 1. The molecule has 1 amide bonds. The van der Waals surface area contributed by atoms with Crippen LogP contribution in [-0.4, -0.2) is 60.7 Å². The summed E-state index contributed by atoms with van der Waals surface area (Å²) in [5, 5.41) is 25.2. The molecule has 2 atom stereocenters. The molecular weight excluding hydrogens is 522 g/mol. The summed E-state index contributed by atoms with van der Waals surface area (Å²) in [7, 11) is 1.32. The molecule has 0 fully saturated rings. The zero-order valence-corrected chi connectivity index (χ0v) is 21.1. The number of hydrogen-bond donors (Lipinski definition) is 4. The Kier molecular flexibility index (Phi) is 7.98. The number of carbonyl (C=O) groups excluding carboxylic acids is 1. The van der Waals surface area contributed by atoms with E-state index in [0.717, 1.165) is 0 Å². The number of pyridine rings is 1. The van der Waals surface area contributed by atoms with Crippen LogP contribution in [0.1, 0.15) is 34.5 Å². The molecule has 0 saturated heterocycles.